The van der Waals surface area contributed by atoms with Gasteiger partial charge in [0.05, 0.1) is 18.3 Å². The van der Waals surface area contributed by atoms with E-state index in [1.165, 1.54) is 0 Å². The molecule has 0 saturated heterocycles. The third-order valence-corrected chi connectivity index (χ3v) is 4.42. The number of rotatable bonds is 14. The van der Waals surface area contributed by atoms with Crippen LogP contribution < -0.4 is 0 Å². The van der Waals surface area contributed by atoms with Crippen molar-refractivity contribution in [1.82, 2.24) is 0 Å². The van der Waals surface area contributed by atoms with E-state index in [1.807, 2.05) is 13.8 Å². The van der Waals surface area contributed by atoms with E-state index in [2.05, 4.69) is 11.3 Å². The summed E-state index contributed by atoms with van der Waals surface area (Å²) in [5.74, 6) is -0.659. The maximum absolute atomic E-state index is 12.2. The Morgan fingerprint density at radius 3 is 2.18 bits per heavy atom. The van der Waals surface area contributed by atoms with Crippen molar-refractivity contribution in [3.63, 3.8) is 0 Å². The van der Waals surface area contributed by atoms with Gasteiger partial charge in [0.2, 0.25) is 0 Å². The van der Waals surface area contributed by atoms with Crippen LogP contribution in [0.3, 0.4) is 0 Å². The summed E-state index contributed by atoms with van der Waals surface area (Å²) in [6.45, 7) is 9.97. The van der Waals surface area contributed by atoms with Gasteiger partial charge in [-0.3, -0.25) is 14.4 Å². The Morgan fingerprint density at radius 1 is 1.04 bits per heavy atom. The predicted octanol–water partition coefficient (Wildman–Crippen LogP) is 2.29. The zero-order valence-electron chi connectivity index (χ0n) is 17.0. The van der Waals surface area contributed by atoms with E-state index in [0.29, 0.717) is 5.75 Å². The van der Waals surface area contributed by atoms with Crippen molar-refractivity contribution in [2.24, 2.45) is 5.41 Å². The average molecular weight is 419 g/mol. The minimum atomic E-state index is -0.990. The first-order chi connectivity index (χ1) is 13.1. The lowest BCUT2D eigenvalue weighted by molar-refractivity contribution is -0.165. The van der Waals surface area contributed by atoms with Crippen LogP contribution in [0.4, 0.5) is 0 Å². The van der Waals surface area contributed by atoms with E-state index >= 15 is 0 Å². The monoisotopic (exact) mass is 418 g/mol. The second kappa shape index (κ2) is 14.0. The topological polar surface area (TPSA) is 105 Å². The first-order valence-corrected chi connectivity index (χ1v) is 10.2. The van der Waals surface area contributed by atoms with Crippen LogP contribution in [-0.2, 0) is 38.1 Å². The van der Waals surface area contributed by atoms with Gasteiger partial charge in [0.25, 0.3) is 0 Å². The van der Waals surface area contributed by atoms with E-state index < -0.39 is 29.3 Å². The first kappa shape index (κ1) is 26.0. The second-order valence-electron chi connectivity index (χ2n) is 6.51. The first-order valence-electron chi connectivity index (χ1n) is 9.01. The number of thioether (sulfide) groups is 1. The van der Waals surface area contributed by atoms with Crippen LogP contribution in [0.25, 0.3) is 0 Å². The van der Waals surface area contributed by atoms with Crippen LogP contribution in [0, 0.1) is 5.41 Å². The number of carbonyl (C=O) groups is 4. The minimum Gasteiger partial charge on any atom is -0.464 e. The number of ether oxygens (including phenoxy) is 4. The van der Waals surface area contributed by atoms with Crippen LogP contribution in [0.1, 0.15) is 40.5 Å². The van der Waals surface area contributed by atoms with E-state index in [-0.39, 0.29) is 38.8 Å². The second-order valence-corrected chi connectivity index (χ2v) is 7.83. The van der Waals surface area contributed by atoms with Crippen LogP contribution >= 0.6 is 11.8 Å². The lowest BCUT2D eigenvalue weighted by Gasteiger charge is -2.24. The van der Waals surface area contributed by atoms with Crippen LogP contribution in [-0.4, -0.2) is 61.3 Å². The number of carbonyl (C=O) groups excluding carboxylic acids is 4. The molecule has 0 aliphatic rings. The molecule has 28 heavy (non-hydrogen) atoms. The quantitative estimate of drug-likeness (QED) is 0.182. The Bertz CT molecular complexity index is 544. The summed E-state index contributed by atoms with van der Waals surface area (Å²) in [6, 6.07) is 0. The molecule has 8 nitrogen and oxygen atoms in total. The van der Waals surface area contributed by atoms with Crippen molar-refractivity contribution < 1.29 is 38.1 Å². The van der Waals surface area contributed by atoms with Gasteiger partial charge in [-0.05, 0) is 26.5 Å². The number of hydrogen-bond acceptors (Lipinski definition) is 9. The number of hydrogen-bond donors (Lipinski definition) is 0. The van der Waals surface area contributed by atoms with Crippen LogP contribution in [0.2, 0.25) is 0 Å². The normalized spacial score (nSPS) is 11.9. The Kier molecular flexibility index (Phi) is 13.0. The summed E-state index contributed by atoms with van der Waals surface area (Å²) < 4.78 is 19.9. The largest absolute Gasteiger partial charge is 0.464 e. The summed E-state index contributed by atoms with van der Waals surface area (Å²) in [7, 11) is 0. The summed E-state index contributed by atoms with van der Waals surface area (Å²) in [5.41, 5.74) is -0.990. The molecule has 0 aliphatic heterocycles. The van der Waals surface area contributed by atoms with Crippen molar-refractivity contribution in [3.05, 3.63) is 12.7 Å². The smallest absolute Gasteiger partial charge is 0.330 e. The number of esters is 4. The SMILES string of the molecule is C=CC(=O)OCCOC(=O)CCC(=O)OCC(C)(C)C(=O)OC(C)CSCC. The Balaban J connectivity index is 4.08. The predicted molar refractivity (Wildman–Crippen MR) is 105 cm³/mol. The molecule has 0 heterocycles. The Hall–Kier alpha value is -2.03. The van der Waals surface area contributed by atoms with Crippen molar-refractivity contribution in [1.29, 1.82) is 0 Å². The summed E-state index contributed by atoms with van der Waals surface area (Å²) in [4.78, 5) is 46.3. The molecular weight excluding hydrogens is 388 g/mol. The van der Waals surface area contributed by atoms with Gasteiger partial charge >= 0.3 is 23.9 Å². The molecule has 0 rings (SSSR count). The summed E-state index contributed by atoms with van der Waals surface area (Å²) in [6.07, 6.45) is 0.414. The van der Waals surface area contributed by atoms with E-state index in [9.17, 15) is 19.2 Å². The molecule has 0 radical (unpaired) electrons. The van der Waals surface area contributed by atoms with Crippen molar-refractivity contribution in [3.8, 4) is 0 Å². The van der Waals surface area contributed by atoms with Gasteiger partial charge in [-0.25, -0.2) is 4.79 Å². The minimum absolute atomic E-state index is 0.0907. The van der Waals surface area contributed by atoms with E-state index in [4.69, 9.17) is 14.2 Å². The molecule has 0 aromatic heterocycles. The molecule has 9 heteroatoms. The highest BCUT2D eigenvalue weighted by molar-refractivity contribution is 7.99. The van der Waals surface area contributed by atoms with E-state index in [0.717, 1.165) is 11.8 Å². The van der Waals surface area contributed by atoms with Crippen molar-refractivity contribution >= 4 is 35.6 Å². The molecule has 0 N–H and O–H groups in total. The van der Waals surface area contributed by atoms with Gasteiger partial charge in [-0.1, -0.05) is 13.5 Å². The fourth-order valence-corrected chi connectivity index (χ4v) is 2.32. The molecule has 0 amide bonds. The molecule has 0 spiro atoms. The summed E-state index contributed by atoms with van der Waals surface area (Å²) >= 11 is 1.67. The van der Waals surface area contributed by atoms with Gasteiger partial charge in [0.15, 0.2) is 0 Å². The zero-order chi connectivity index (χ0) is 21.6. The molecule has 0 aromatic carbocycles. The van der Waals surface area contributed by atoms with Crippen molar-refractivity contribution in [2.75, 3.05) is 31.3 Å². The Morgan fingerprint density at radius 2 is 1.61 bits per heavy atom. The van der Waals surface area contributed by atoms with Gasteiger partial charge in [0, 0.05) is 11.8 Å². The molecule has 0 aliphatic carbocycles. The molecule has 160 valence electrons. The van der Waals surface area contributed by atoms with Crippen LogP contribution in [0.5, 0.6) is 0 Å². The van der Waals surface area contributed by atoms with Crippen molar-refractivity contribution in [2.45, 2.75) is 46.6 Å². The van der Waals surface area contributed by atoms with Gasteiger partial charge < -0.3 is 18.9 Å². The standard InChI is InChI=1S/C19H30O8S/c1-6-15(20)24-10-11-25-16(21)8-9-17(22)26-13-19(4,5)18(23)27-14(3)12-28-7-2/h6,14H,1,7-13H2,2-5H3. The summed E-state index contributed by atoms with van der Waals surface area (Å²) in [5, 5.41) is 0. The lowest BCUT2D eigenvalue weighted by Crippen LogP contribution is -2.35. The molecule has 0 saturated carbocycles. The van der Waals surface area contributed by atoms with Crippen LogP contribution in [0.15, 0.2) is 12.7 Å². The fraction of sp³-hybridized carbons (Fsp3) is 0.684. The third kappa shape index (κ3) is 12.4. The highest BCUT2D eigenvalue weighted by Gasteiger charge is 2.32. The molecular formula is C19H30O8S. The lowest BCUT2D eigenvalue weighted by atomic mass is 9.95. The van der Waals surface area contributed by atoms with Gasteiger partial charge in [-0.2, -0.15) is 11.8 Å². The zero-order valence-corrected chi connectivity index (χ0v) is 17.8. The van der Waals surface area contributed by atoms with Gasteiger partial charge in [-0.15, -0.1) is 0 Å². The highest BCUT2D eigenvalue weighted by atomic mass is 32.2. The maximum atomic E-state index is 12.2. The Labute approximate surface area is 170 Å². The molecule has 0 fully saturated rings. The van der Waals surface area contributed by atoms with E-state index in [1.54, 1.807) is 25.6 Å². The third-order valence-electron chi connectivity index (χ3n) is 3.30. The molecule has 1 unspecified atom stereocenters. The maximum Gasteiger partial charge on any atom is 0.330 e. The molecule has 0 bridgehead atoms. The molecule has 0 aromatic rings. The molecule has 1 atom stereocenters. The highest BCUT2D eigenvalue weighted by Crippen LogP contribution is 2.20. The fourth-order valence-electron chi connectivity index (χ4n) is 1.69. The average Bonchev–Trinajstić information content (AvgIpc) is 2.66. The van der Waals surface area contributed by atoms with Gasteiger partial charge in [0.1, 0.15) is 25.9 Å².